The second-order valence-electron chi connectivity index (χ2n) is 7.28. The normalized spacial score (nSPS) is 16.3. The third-order valence-electron chi connectivity index (χ3n) is 4.66. The smallest absolute Gasteiger partial charge is 0.0704 e. The van der Waals surface area contributed by atoms with E-state index in [4.69, 9.17) is 0 Å². The molecule has 1 fully saturated rings. The first-order valence-electron chi connectivity index (χ1n) is 8.11. The molecule has 1 aromatic carbocycles. The van der Waals surface area contributed by atoms with Gasteiger partial charge < -0.3 is 0 Å². The fourth-order valence-electron chi connectivity index (χ4n) is 3.24. The van der Waals surface area contributed by atoms with Crippen LogP contribution in [0.3, 0.4) is 0 Å². The minimum absolute atomic E-state index is 0.168. The van der Waals surface area contributed by atoms with Gasteiger partial charge in [-0.3, -0.25) is 4.98 Å². The molecule has 0 unspecified atom stereocenters. The summed E-state index contributed by atoms with van der Waals surface area (Å²) in [7, 11) is 0. The molecule has 0 radical (unpaired) electrons. The molecule has 1 saturated carbocycles. The van der Waals surface area contributed by atoms with Gasteiger partial charge in [0.25, 0.3) is 0 Å². The van der Waals surface area contributed by atoms with Gasteiger partial charge in [0.05, 0.1) is 5.69 Å². The molecule has 1 heteroatoms. The van der Waals surface area contributed by atoms with E-state index in [1.165, 1.54) is 42.4 Å². The topological polar surface area (TPSA) is 12.9 Å². The van der Waals surface area contributed by atoms with Crippen molar-refractivity contribution < 1.29 is 0 Å². The minimum Gasteiger partial charge on any atom is -0.256 e. The van der Waals surface area contributed by atoms with Crippen molar-refractivity contribution >= 4 is 0 Å². The molecule has 0 saturated heterocycles. The van der Waals surface area contributed by atoms with Crippen LogP contribution < -0.4 is 0 Å². The number of hydrogen-bond donors (Lipinski definition) is 0. The average molecular weight is 279 g/mol. The van der Waals surface area contributed by atoms with Crippen LogP contribution in [0.5, 0.6) is 0 Å². The Morgan fingerprint density at radius 2 is 1.62 bits per heavy atom. The van der Waals surface area contributed by atoms with Gasteiger partial charge in [0.2, 0.25) is 0 Å². The lowest BCUT2D eigenvalue weighted by molar-refractivity contribution is 0.589. The molecule has 0 N–H and O–H groups in total. The lowest BCUT2D eigenvalue weighted by Crippen LogP contribution is -2.11. The Morgan fingerprint density at radius 3 is 2.24 bits per heavy atom. The number of pyridine rings is 1. The van der Waals surface area contributed by atoms with E-state index in [0.29, 0.717) is 0 Å². The van der Waals surface area contributed by atoms with E-state index in [-0.39, 0.29) is 5.41 Å². The largest absolute Gasteiger partial charge is 0.256 e. The van der Waals surface area contributed by atoms with E-state index >= 15 is 0 Å². The Bertz CT molecular complexity index is 598. The molecule has 1 nitrogen and oxygen atoms in total. The Labute approximate surface area is 128 Å². The van der Waals surface area contributed by atoms with Crippen LogP contribution in [0.2, 0.25) is 0 Å². The molecule has 0 bridgehead atoms. The number of benzene rings is 1. The third kappa shape index (κ3) is 3.18. The Hall–Kier alpha value is -1.63. The van der Waals surface area contributed by atoms with Crippen molar-refractivity contribution in [3.8, 4) is 11.3 Å². The van der Waals surface area contributed by atoms with Crippen LogP contribution in [0.4, 0.5) is 0 Å². The van der Waals surface area contributed by atoms with E-state index in [1.807, 2.05) is 6.20 Å². The van der Waals surface area contributed by atoms with Crippen LogP contribution in [0.15, 0.2) is 42.6 Å². The van der Waals surface area contributed by atoms with Crippen molar-refractivity contribution in [3.63, 3.8) is 0 Å². The highest BCUT2D eigenvalue weighted by Crippen LogP contribution is 2.35. The highest BCUT2D eigenvalue weighted by atomic mass is 14.7. The van der Waals surface area contributed by atoms with Gasteiger partial charge in [-0.05, 0) is 47.4 Å². The summed E-state index contributed by atoms with van der Waals surface area (Å²) in [4.78, 5) is 4.55. The summed E-state index contributed by atoms with van der Waals surface area (Å²) < 4.78 is 0. The number of aromatic nitrogens is 1. The third-order valence-corrected chi connectivity index (χ3v) is 4.66. The van der Waals surface area contributed by atoms with E-state index < -0.39 is 0 Å². The molecule has 21 heavy (non-hydrogen) atoms. The fraction of sp³-hybridized carbons (Fsp3) is 0.450. The predicted octanol–water partition coefficient (Wildman–Crippen LogP) is 5.70. The van der Waals surface area contributed by atoms with Gasteiger partial charge in [0.1, 0.15) is 0 Å². The molecule has 0 atom stereocenters. The first kappa shape index (κ1) is 14.3. The zero-order valence-electron chi connectivity index (χ0n) is 13.4. The molecule has 1 aliphatic carbocycles. The summed E-state index contributed by atoms with van der Waals surface area (Å²) in [5, 5.41) is 0. The second-order valence-corrected chi connectivity index (χ2v) is 7.28. The van der Waals surface area contributed by atoms with Gasteiger partial charge in [-0.1, -0.05) is 57.9 Å². The standard InChI is InChI=1S/C20H25N/c1-20(2,3)18-12-13-21-19(14-18)17-10-8-16(9-11-17)15-6-4-5-7-15/h8-15H,4-7H2,1-3H3. The molecule has 3 rings (SSSR count). The first-order valence-corrected chi connectivity index (χ1v) is 8.11. The van der Waals surface area contributed by atoms with Gasteiger partial charge in [0.15, 0.2) is 0 Å². The zero-order valence-corrected chi connectivity index (χ0v) is 13.4. The number of rotatable bonds is 2. The van der Waals surface area contributed by atoms with E-state index in [1.54, 1.807) is 0 Å². The van der Waals surface area contributed by atoms with Crippen LogP contribution in [0, 0.1) is 0 Å². The summed E-state index contributed by atoms with van der Waals surface area (Å²) in [6, 6.07) is 13.4. The van der Waals surface area contributed by atoms with Crippen molar-refractivity contribution in [2.75, 3.05) is 0 Å². The van der Waals surface area contributed by atoms with Gasteiger partial charge in [-0.2, -0.15) is 0 Å². The van der Waals surface area contributed by atoms with Crippen molar-refractivity contribution in [1.82, 2.24) is 4.98 Å². The summed E-state index contributed by atoms with van der Waals surface area (Å²) in [6.07, 6.45) is 7.43. The monoisotopic (exact) mass is 279 g/mol. The summed E-state index contributed by atoms with van der Waals surface area (Å²) in [6.45, 7) is 6.74. The molecule has 1 aliphatic rings. The van der Waals surface area contributed by atoms with Gasteiger partial charge in [-0.25, -0.2) is 0 Å². The lowest BCUT2D eigenvalue weighted by atomic mass is 9.87. The predicted molar refractivity (Wildman–Crippen MR) is 89.6 cm³/mol. The molecule has 110 valence electrons. The number of hydrogen-bond acceptors (Lipinski definition) is 1. The van der Waals surface area contributed by atoms with Crippen LogP contribution in [0.25, 0.3) is 11.3 Å². The van der Waals surface area contributed by atoms with Gasteiger partial charge >= 0.3 is 0 Å². The zero-order chi connectivity index (χ0) is 14.9. The maximum absolute atomic E-state index is 4.55. The van der Waals surface area contributed by atoms with Crippen molar-refractivity contribution in [1.29, 1.82) is 0 Å². The maximum atomic E-state index is 4.55. The summed E-state index contributed by atoms with van der Waals surface area (Å²) in [5.74, 6) is 0.785. The maximum Gasteiger partial charge on any atom is 0.0704 e. The van der Waals surface area contributed by atoms with Crippen LogP contribution >= 0.6 is 0 Å². The summed E-state index contributed by atoms with van der Waals surface area (Å²) in [5.41, 5.74) is 5.32. The first-order chi connectivity index (χ1) is 10.0. The van der Waals surface area contributed by atoms with E-state index in [0.717, 1.165) is 11.6 Å². The second kappa shape index (κ2) is 5.63. The fourth-order valence-corrected chi connectivity index (χ4v) is 3.24. The van der Waals surface area contributed by atoms with Crippen LogP contribution in [-0.2, 0) is 5.41 Å². The minimum atomic E-state index is 0.168. The quantitative estimate of drug-likeness (QED) is 0.686. The highest BCUT2D eigenvalue weighted by Gasteiger charge is 2.17. The molecular formula is C20H25N. The Kier molecular flexibility index (Phi) is 3.84. The molecular weight excluding hydrogens is 254 g/mol. The van der Waals surface area contributed by atoms with E-state index in [9.17, 15) is 0 Å². The molecule has 1 heterocycles. The van der Waals surface area contributed by atoms with Gasteiger partial charge in [-0.15, -0.1) is 0 Å². The molecule has 2 aromatic rings. The Morgan fingerprint density at radius 1 is 0.952 bits per heavy atom. The summed E-state index contributed by atoms with van der Waals surface area (Å²) >= 11 is 0. The van der Waals surface area contributed by atoms with Crippen molar-refractivity contribution in [3.05, 3.63) is 53.7 Å². The van der Waals surface area contributed by atoms with Crippen LogP contribution in [-0.4, -0.2) is 4.98 Å². The molecule has 0 amide bonds. The molecule has 0 spiro atoms. The highest BCUT2D eigenvalue weighted by molar-refractivity contribution is 5.60. The van der Waals surface area contributed by atoms with Crippen molar-refractivity contribution in [2.45, 2.75) is 57.8 Å². The average Bonchev–Trinajstić information content (AvgIpc) is 3.01. The van der Waals surface area contributed by atoms with Gasteiger partial charge in [0, 0.05) is 11.8 Å². The number of nitrogens with zero attached hydrogens (tertiary/aromatic N) is 1. The SMILES string of the molecule is CC(C)(C)c1ccnc(-c2ccc(C3CCCC3)cc2)c1. The van der Waals surface area contributed by atoms with Crippen LogP contribution in [0.1, 0.15) is 63.5 Å². The lowest BCUT2D eigenvalue weighted by Gasteiger charge is -2.19. The van der Waals surface area contributed by atoms with Crippen molar-refractivity contribution in [2.24, 2.45) is 0 Å². The van der Waals surface area contributed by atoms with E-state index in [2.05, 4.69) is 62.2 Å². The molecule has 1 aromatic heterocycles. The molecule has 0 aliphatic heterocycles. The Balaban J connectivity index is 1.87.